The predicted octanol–water partition coefficient (Wildman–Crippen LogP) is 0.406. The van der Waals surface area contributed by atoms with Crippen molar-refractivity contribution < 1.29 is 14.4 Å². The number of hydrazine groups is 1. The molecule has 1 saturated heterocycles. The Morgan fingerprint density at radius 2 is 2.04 bits per heavy atom. The number of urea groups is 1. The molecule has 2 N–H and O–H groups in total. The van der Waals surface area contributed by atoms with Crippen LogP contribution in [-0.2, 0) is 22.2 Å². The summed E-state index contributed by atoms with van der Waals surface area (Å²) in [5, 5.41) is 11.5. The maximum Gasteiger partial charge on any atom is 0.344 e. The van der Waals surface area contributed by atoms with E-state index in [2.05, 4.69) is 20.9 Å². The molecule has 1 aromatic heterocycles. The number of nitrogens with zero attached hydrogens (tertiary/aromatic N) is 4. The minimum absolute atomic E-state index is 0.00829. The molecule has 1 fully saturated rings. The Kier molecular flexibility index (Phi) is 4.45. The maximum atomic E-state index is 12.7. The van der Waals surface area contributed by atoms with Crippen LogP contribution < -0.4 is 10.7 Å². The average molecular weight is 360 g/mol. The van der Waals surface area contributed by atoms with Gasteiger partial charge in [-0.05, 0) is 12.5 Å². The summed E-state index contributed by atoms with van der Waals surface area (Å²) in [6.07, 6.45) is 1.52. The van der Waals surface area contributed by atoms with E-state index in [0.717, 1.165) is 11.8 Å². The van der Waals surface area contributed by atoms with Crippen LogP contribution in [0.4, 0.5) is 4.79 Å². The Hall–Kier alpha value is -2.88. The third kappa shape index (κ3) is 3.20. The second-order valence-electron chi connectivity index (χ2n) is 5.61. The molecule has 10 heteroatoms. The quantitative estimate of drug-likeness (QED) is 0.590. The summed E-state index contributed by atoms with van der Waals surface area (Å²) in [5.41, 5.74) is 1.76. The van der Waals surface area contributed by atoms with Crippen LogP contribution >= 0.6 is 11.8 Å². The number of benzene rings is 1. The first kappa shape index (κ1) is 17.0. The molecular formula is C15H16N6O3S. The highest BCUT2D eigenvalue weighted by Crippen LogP contribution is 2.27. The van der Waals surface area contributed by atoms with Crippen LogP contribution in [0, 0.1) is 0 Å². The first-order valence-corrected chi connectivity index (χ1v) is 8.39. The number of aromatic nitrogens is 3. The van der Waals surface area contributed by atoms with Crippen LogP contribution in [0.25, 0.3) is 0 Å². The van der Waals surface area contributed by atoms with Gasteiger partial charge in [-0.3, -0.25) is 15.0 Å². The van der Waals surface area contributed by atoms with Crippen molar-refractivity contribution in [2.75, 3.05) is 5.75 Å². The number of imide groups is 1. The van der Waals surface area contributed by atoms with Gasteiger partial charge in [-0.15, -0.1) is 10.2 Å². The van der Waals surface area contributed by atoms with E-state index in [-0.39, 0.29) is 5.75 Å². The van der Waals surface area contributed by atoms with Crippen LogP contribution in [0.1, 0.15) is 12.5 Å². The molecule has 0 saturated carbocycles. The molecule has 0 radical (unpaired) electrons. The molecule has 1 aromatic carbocycles. The van der Waals surface area contributed by atoms with E-state index in [4.69, 9.17) is 0 Å². The minimum Gasteiger partial charge on any atom is -0.318 e. The van der Waals surface area contributed by atoms with E-state index in [9.17, 15) is 14.4 Å². The van der Waals surface area contributed by atoms with E-state index >= 15 is 0 Å². The van der Waals surface area contributed by atoms with Crippen molar-refractivity contribution in [1.82, 2.24) is 30.5 Å². The van der Waals surface area contributed by atoms with Crippen molar-refractivity contribution in [2.45, 2.75) is 17.6 Å². The third-order valence-electron chi connectivity index (χ3n) is 3.78. The Morgan fingerprint density at radius 3 is 2.68 bits per heavy atom. The fraction of sp³-hybridized carbons (Fsp3) is 0.267. The molecule has 0 aliphatic carbocycles. The van der Waals surface area contributed by atoms with Gasteiger partial charge < -0.3 is 9.88 Å². The van der Waals surface area contributed by atoms with E-state index in [1.54, 1.807) is 42.8 Å². The molecule has 25 heavy (non-hydrogen) atoms. The molecule has 2 heterocycles. The van der Waals surface area contributed by atoms with Gasteiger partial charge >= 0.3 is 6.03 Å². The first-order chi connectivity index (χ1) is 11.9. The number of carbonyl (C=O) groups excluding carboxylic acids is 3. The molecule has 9 nitrogen and oxygen atoms in total. The summed E-state index contributed by atoms with van der Waals surface area (Å²) in [6.45, 7) is 1.60. The SMILES string of the molecule is Cn1cnnc1SCC(=O)NN1C(=O)N[C@@](C)(c2ccccc2)C1=O. The van der Waals surface area contributed by atoms with Crippen molar-refractivity contribution in [3.05, 3.63) is 42.2 Å². The molecule has 0 unspecified atom stereocenters. The number of hydrogen-bond donors (Lipinski definition) is 2. The monoisotopic (exact) mass is 360 g/mol. The lowest BCUT2D eigenvalue weighted by Gasteiger charge is -2.22. The number of rotatable bonds is 5. The maximum absolute atomic E-state index is 12.7. The van der Waals surface area contributed by atoms with Crippen LogP contribution in [0.2, 0.25) is 0 Å². The van der Waals surface area contributed by atoms with E-state index in [0.29, 0.717) is 15.7 Å². The van der Waals surface area contributed by atoms with Crippen molar-refractivity contribution in [3.8, 4) is 0 Å². The highest BCUT2D eigenvalue weighted by atomic mass is 32.2. The van der Waals surface area contributed by atoms with Gasteiger partial charge in [0.15, 0.2) is 5.16 Å². The second-order valence-corrected chi connectivity index (χ2v) is 6.55. The van der Waals surface area contributed by atoms with Gasteiger partial charge in [0.05, 0.1) is 5.75 Å². The lowest BCUT2D eigenvalue weighted by molar-refractivity contribution is -0.138. The molecule has 1 aliphatic rings. The Balaban J connectivity index is 1.67. The van der Waals surface area contributed by atoms with Crippen molar-refractivity contribution in [2.24, 2.45) is 7.05 Å². The Labute approximate surface area is 147 Å². The fourth-order valence-corrected chi connectivity index (χ4v) is 3.08. The average Bonchev–Trinajstić information content (AvgIpc) is 3.11. The second kappa shape index (κ2) is 6.55. The number of carbonyl (C=O) groups is 3. The lowest BCUT2D eigenvalue weighted by Crippen LogP contribution is -2.48. The van der Waals surface area contributed by atoms with Gasteiger partial charge in [0.1, 0.15) is 11.9 Å². The third-order valence-corrected chi connectivity index (χ3v) is 4.82. The lowest BCUT2D eigenvalue weighted by atomic mass is 9.92. The summed E-state index contributed by atoms with van der Waals surface area (Å²) in [7, 11) is 1.75. The highest BCUT2D eigenvalue weighted by molar-refractivity contribution is 7.99. The number of amides is 4. The fourth-order valence-electron chi connectivity index (χ4n) is 2.40. The van der Waals surface area contributed by atoms with Crippen molar-refractivity contribution >= 4 is 29.6 Å². The minimum atomic E-state index is -1.22. The van der Waals surface area contributed by atoms with E-state index < -0.39 is 23.4 Å². The Morgan fingerprint density at radius 1 is 1.32 bits per heavy atom. The summed E-state index contributed by atoms with van der Waals surface area (Å²) in [4.78, 5) is 36.9. The number of nitrogens with one attached hydrogen (secondary N) is 2. The molecular weight excluding hydrogens is 344 g/mol. The number of aryl methyl sites for hydroxylation is 1. The molecule has 0 spiro atoms. The predicted molar refractivity (Wildman–Crippen MR) is 89.0 cm³/mol. The van der Waals surface area contributed by atoms with Gasteiger partial charge in [-0.2, -0.15) is 5.01 Å². The first-order valence-electron chi connectivity index (χ1n) is 7.40. The number of thioether (sulfide) groups is 1. The molecule has 130 valence electrons. The zero-order chi connectivity index (χ0) is 18.0. The van der Waals surface area contributed by atoms with Crippen LogP contribution in [0.15, 0.2) is 41.8 Å². The molecule has 0 bridgehead atoms. The zero-order valence-electron chi connectivity index (χ0n) is 13.6. The summed E-state index contributed by atoms with van der Waals surface area (Å²) < 4.78 is 1.66. The molecule has 3 rings (SSSR count). The van der Waals surface area contributed by atoms with E-state index in [1.165, 1.54) is 6.33 Å². The molecule has 2 aromatic rings. The zero-order valence-corrected chi connectivity index (χ0v) is 14.4. The van der Waals surface area contributed by atoms with Crippen LogP contribution in [-0.4, -0.2) is 43.4 Å². The highest BCUT2D eigenvalue weighted by Gasteiger charge is 2.49. The Bertz CT molecular complexity index is 824. The van der Waals surface area contributed by atoms with Gasteiger partial charge in [-0.1, -0.05) is 42.1 Å². The standard InChI is InChI=1S/C15H16N6O3S/c1-15(10-6-4-3-5-7-10)12(23)21(13(24)17-15)19-11(22)8-25-14-18-16-9-20(14)2/h3-7,9H,8H2,1-2H3,(H,17,24)(H,19,22)/t15-/m0/s1. The molecule has 1 aliphatic heterocycles. The van der Waals surface area contributed by atoms with E-state index in [1.807, 2.05) is 6.07 Å². The van der Waals surface area contributed by atoms with Crippen molar-refractivity contribution in [3.63, 3.8) is 0 Å². The number of hydrogen-bond acceptors (Lipinski definition) is 6. The molecule has 1 atom stereocenters. The van der Waals surface area contributed by atoms with Crippen LogP contribution in [0.3, 0.4) is 0 Å². The summed E-state index contributed by atoms with van der Waals surface area (Å²) >= 11 is 1.15. The topological polar surface area (TPSA) is 109 Å². The van der Waals surface area contributed by atoms with Crippen LogP contribution in [0.5, 0.6) is 0 Å². The summed E-state index contributed by atoms with van der Waals surface area (Å²) in [5.74, 6) is -1.04. The molecule has 4 amide bonds. The van der Waals surface area contributed by atoms with Crippen molar-refractivity contribution in [1.29, 1.82) is 0 Å². The largest absolute Gasteiger partial charge is 0.344 e. The normalized spacial score (nSPS) is 19.8. The van der Waals surface area contributed by atoms with Gasteiger partial charge in [0, 0.05) is 7.05 Å². The smallest absolute Gasteiger partial charge is 0.318 e. The van der Waals surface area contributed by atoms with Gasteiger partial charge in [0.25, 0.3) is 5.91 Å². The van der Waals surface area contributed by atoms with Gasteiger partial charge in [0.2, 0.25) is 5.91 Å². The van der Waals surface area contributed by atoms with Gasteiger partial charge in [-0.25, -0.2) is 4.79 Å². The summed E-state index contributed by atoms with van der Waals surface area (Å²) in [6, 6.07) is 8.18.